The second-order valence-electron chi connectivity index (χ2n) is 15.8. The van der Waals surface area contributed by atoms with Gasteiger partial charge in [-0.2, -0.15) is 10.5 Å². The van der Waals surface area contributed by atoms with Gasteiger partial charge in [0.1, 0.15) is 39.6 Å². The fourth-order valence-corrected chi connectivity index (χ4v) is 8.20. The quantitative estimate of drug-likeness (QED) is 0.100. The highest BCUT2D eigenvalue weighted by molar-refractivity contribution is 6.22. The van der Waals surface area contributed by atoms with Crippen LogP contribution in [0, 0.1) is 22.7 Å². The first kappa shape index (κ1) is 43.9. The normalized spacial score (nSPS) is 13.9. The molecule has 10 rings (SSSR count). The van der Waals surface area contributed by atoms with E-state index in [-0.39, 0.29) is 58.3 Å². The summed E-state index contributed by atoms with van der Waals surface area (Å²) >= 11 is 0. The smallest absolute Gasteiger partial charge is 0.293 e. The number of imide groups is 2. The van der Waals surface area contributed by atoms with Crippen molar-refractivity contribution in [2.75, 3.05) is 0 Å². The average Bonchev–Trinajstić information content (AvgIpc) is 3.74. The Morgan fingerprint density at radius 3 is 1.15 bits per heavy atom. The van der Waals surface area contributed by atoms with Crippen LogP contribution < -0.4 is 18.9 Å². The van der Waals surface area contributed by atoms with Crippen molar-refractivity contribution in [3.63, 3.8) is 0 Å². The van der Waals surface area contributed by atoms with Gasteiger partial charge in [-0.25, -0.2) is 0 Å². The molecule has 0 bridgehead atoms. The fourth-order valence-electron chi connectivity index (χ4n) is 8.20. The number of fused-ring (bicyclic) bond motifs is 6. The number of carbonyl (C=O) groups is 6. The van der Waals surface area contributed by atoms with E-state index in [1.165, 1.54) is 0 Å². The second kappa shape index (κ2) is 19.1. The molecule has 0 saturated heterocycles. The van der Waals surface area contributed by atoms with Crippen molar-refractivity contribution in [2.45, 2.75) is 52.7 Å². The van der Waals surface area contributed by atoms with E-state index in [1.54, 1.807) is 72.8 Å². The Morgan fingerprint density at radius 1 is 0.471 bits per heavy atom. The predicted molar refractivity (Wildman–Crippen MR) is 236 cm³/mol. The van der Waals surface area contributed by atoms with Crippen LogP contribution >= 0.6 is 0 Å². The van der Waals surface area contributed by atoms with Crippen LogP contribution in [0.5, 0.6) is 23.0 Å². The van der Waals surface area contributed by atoms with Crippen molar-refractivity contribution >= 4 is 36.6 Å². The summed E-state index contributed by atoms with van der Waals surface area (Å²) in [6.07, 6.45) is 0. The van der Waals surface area contributed by atoms with Gasteiger partial charge in [0, 0.05) is 12.1 Å². The number of amides is 4. The fraction of sp³-hybridized carbons (Fsp3) is 0.154. The second-order valence-corrected chi connectivity index (χ2v) is 15.8. The summed E-state index contributed by atoms with van der Waals surface area (Å²) in [7, 11) is 0. The Hall–Kier alpha value is -9.28. The Morgan fingerprint density at radius 2 is 0.809 bits per heavy atom. The molecule has 68 heavy (non-hydrogen) atoms. The molecule has 0 saturated carbocycles. The average molecular weight is 909 g/mol. The molecule has 0 unspecified atom stereocenters. The molecule has 4 heterocycles. The highest BCUT2D eigenvalue weighted by Gasteiger charge is 2.37. The van der Waals surface area contributed by atoms with Crippen LogP contribution in [0.2, 0.25) is 0 Å². The van der Waals surface area contributed by atoms with Gasteiger partial charge in [-0.1, -0.05) is 48.5 Å². The van der Waals surface area contributed by atoms with Crippen LogP contribution in [0.25, 0.3) is 0 Å². The molecule has 0 atom stereocenters. The van der Waals surface area contributed by atoms with Crippen molar-refractivity contribution in [3.05, 3.63) is 187 Å². The molecule has 16 nitrogen and oxygen atoms in total. The van der Waals surface area contributed by atoms with Crippen LogP contribution in [-0.2, 0) is 71.8 Å². The van der Waals surface area contributed by atoms with Crippen LogP contribution in [0.15, 0.2) is 109 Å². The molecule has 16 heteroatoms. The molecule has 6 aromatic rings. The largest absolute Gasteiger partial charge is 0.485 e. The molecule has 0 fully saturated rings. The first-order valence-electron chi connectivity index (χ1n) is 21.1. The number of nitriles is 2. The van der Waals surface area contributed by atoms with Gasteiger partial charge in [0.15, 0.2) is 23.0 Å². The molecule has 4 aliphatic rings. The summed E-state index contributed by atoms with van der Waals surface area (Å²) in [6.45, 7) is 2.01. The monoisotopic (exact) mass is 908 g/mol. The number of ether oxygens (including phenoxy) is 6. The van der Waals surface area contributed by atoms with Gasteiger partial charge in [-0.3, -0.25) is 38.6 Å². The van der Waals surface area contributed by atoms with Crippen LogP contribution in [0.3, 0.4) is 0 Å². The van der Waals surface area contributed by atoms with Crippen LogP contribution in [-0.4, -0.2) is 46.4 Å². The number of benzene rings is 6. The number of hydrogen-bond acceptors (Lipinski definition) is 14. The zero-order chi connectivity index (χ0) is 47.3. The summed E-state index contributed by atoms with van der Waals surface area (Å²) in [6, 6.07) is 35.2. The van der Waals surface area contributed by atoms with Gasteiger partial charge >= 0.3 is 0 Å². The lowest BCUT2D eigenvalue weighted by molar-refractivity contribution is -0.130. The Kier molecular flexibility index (Phi) is 12.3. The summed E-state index contributed by atoms with van der Waals surface area (Å²) in [4.78, 5) is 74.3. The van der Waals surface area contributed by atoms with Crippen LogP contribution in [0.4, 0.5) is 0 Å². The molecule has 0 spiro atoms. The molecule has 0 N–H and O–H groups in total. The first-order chi connectivity index (χ1) is 33.2. The lowest BCUT2D eigenvalue weighted by atomic mass is 10.0. The van der Waals surface area contributed by atoms with E-state index in [4.69, 9.17) is 28.4 Å². The van der Waals surface area contributed by atoms with Crippen molar-refractivity contribution in [3.8, 4) is 35.1 Å². The predicted octanol–water partition coefficient (Wildman–Crippen LogP) is 7.00. The minimum absolute atomic E-state index is 0.0530. The molecule has 0 aromatic heterocycles. The summed E-state index contributed by atoms with van der Waals surface area (Å²) in [5, 5.41) is 19.4. The van der Waals surface area contributed by atoms with E-state index < -0.39 is 23.6 Å². The van der Waals surface area contributed by atoms with E-state index in [2.05, 4.69) is 12.1 Å². The Labute approximate surface area is 387 Å². The van der Waals surface area contributed by atoms with E-state index in [0.29, 0.717) is 74.9 Å². The molecule has 4 amide bonds. The van der Waals surface area contributed by atoms with Gasteiger partial charge < -0.3 is 28.4 Å². The number of nitrogens with zero attached hydrogens (tertiary/aromatic N) is 4. The third-order valence-corrected chi connectivity index (χ3v) is 11.7. The van der Waals surface area contributed by atoms with E-state index in [1.807, 2.05) is 36.4 Å². The van der Waals surface area contributed by atoms with Gasteiger partial charge in [-0.15, -0.1) is 0 Å². The van der Waals surface area contributed by atoms with E-state index in [0.717, 1.165) is 43.2 Å². The zero-order valence-corrected chi connectivity index (χ0v) is 35.9. The van der Waals surface area contributed by atoms with E-state index in [9.17, 15) is 39.3 Å². The maximum absolute atomic E-state index is 12.8. The molecular weight excluding hydrogens is 873 g/mol. The summed E-state index contributed by atoms with van der Waals surface area (Å²) < 4.78 is 33.5. The maximum Gasteiger partial charge on any atom is 0.293 e. The zero-order valence-electron chi connectivity index (χ0n) is 35.9. The lowest BCUT2D eigenvalue weighted by Gasteiger charge is -2.22. The Bertz CT molecular complexity index is 3100. The standard InChI is InChI=1S/2C26H18N2O6/c27-10-18-8-23-24(33-13-17-6-5-16(12-32-15-29)7-20(17)14-34-23)9-19(18)11-28-25(30)21-3-1-2-4-22(21)26(28)31;27-10-18-8-23-24(34-14-20-7-16(12-32-15-29)5-6-17(20)13-33-23)9-19(18)11-28-25(30)21-3-1-2-4-22(21)26(28)31/h2*1-9,15H,11-14H2. The van der Waals surface area contributed by atoms with Crippen molar-refractivity contribution in [1.82, 2.24) is 9.80 Å². The van der Waals surface area contributed by atoms with Gasteiger partial charge in [0.05, 0.1) is 58.6 Å². The van der Waals surface area contributed by atoms with Gasteiger partial charge in [0.2, 0.25) is 0 Å². The minimum atomic E-state index is -0.396. The van der Waals surface area contributed by atoms with Crippen molar-refractivity contribution in [2.24, 2.45) is 0 Å². The van der Waals surface area contributed by atoms with Crippen LogP contribution in [0.1, 0.15) is 97.1 Å². The number of carbonyl (C=O) groups excluding carboxylic acids is 6. The van der Waals surface area contributed by atoms with Crippen molar-refractivity contribution in [1.29, 1.82) is 10.5 Å². The molecule has 6 aromatic carbocycles. The SMILES string of the molecule is N#Cc1cc2c(cc1CN1C(=O)c3ccccc3C1=O)OCc1cc(COC=O)ccc1CO2.N#Cc1cc2c(cc1CN1C(=O)c3ccccc3C1=O)OCc1ccc(COC=O)cc1CO2. The molecule has 336 valence electrons. The van der Waals surface area contributed by atoms with E-state index >= 15 is 0 Å². The third kappa shape index (κ3) is 8.65. The maximum atomic E-state index is 12.8. The molecule has 0 aliphatic carbocycles. The molecule has 4 aliphatic heterocycles. The highest BCUT2D eigenvalue weighted by atomic mass is 16.5. The first-order valence-corrected chi connectivity index (χ1v) is 21.1. The van der Waals surface area contributed by atoms with Gasteiger partial charge in [0.25, 0.3) is 36.6 Å². The Balaban J connectivity index is 0.000000170. The van der Waals surface area contributed by atoms with Gasteiger partial charge in [-0.05, 0) is 93.0 Å². The summed E-state index contributed by atoms with van der Waals surface area (Å²) in [5.41, 5.74) is 8.17. The third-order valence-electron chi connectivity index (χ3n) is 11.7. The molecule has 0 radical (unpaired) electrons. The summed E-state index contributed by atoms with van der Waals surface area (Å²) in [5.74, 6) is 0.0492. The molecular formula is C52H36N4O12. The number of rotatable bonds is 10. The minimum Gasteiger partial charge on any atom is -0.485 e. The van der Waals surface area contributed by atoms with Crippen molar-refractivity contribution < 1.29 is 57.2 Å². The highest BCUT2D eigenvalue weighted by Crippen LogP contribution is 2.38. The lowest BCUT2D eigenvalue weighted by Crippen LogP contribution is -2.29. The topological polar surface area (TPSA) is 212 Å². The number of hydrogen-bond donors (Lipinski definition) is 0.